The molecule has 1 fully saturated rings. The maximum Gasteiger partial charge on any atom is 0.220 e. The number of fused-ring (bicyclic) bond motifs is 1. The van der Waals surface area contributed by atoms with Crippen molar-refractivity contribution in [3.05, 3.63) is 23.7 Å². The van der Waals surface area contributed by atoms with Crippen molar-refractivity contribution in [2.45, 2.75) is 25.7 Å². The molecule has 1 saturated carbocycles. The zero-order valence-electron chi connectivity index (χ0n) is 11.1. The molecule has 1 atom stereocenters. The van der Waals surface area contributed by atoms with E-state index in [1.807, 2.05) is 0 Å². The Balaban J connectivity index is 1.80. The van der Waals surface area contributed by atoms with E-state index in [9.17, 15) is 4.79 Å². The van der Waals surface area contributed by atoms with Crippen LogP contribution in [0.1, 0.15) is 30.5 Å². The van der Waals surface area contributed by atoms with Gasteiger partial charge in [-0.1, -0.05) is 6.08 Å². The Morgan fingerprint density at radius 3 is 2.75 bits per heavy atom. The van der Waals surface area contributed by atoms with Gasteiger partial charge in [0.15, 0.2) is 0 Å². The lowest BCUT2D eigenvalue weighted by atomic mass is 9.66. The number of primary amides is 1. The molecule has 1 amide bonds. The molecule has 0 bridgehead atoms. The Hall–Kier alpha value is -1.18. The van der Waals surface area contributed by atoms with Gasteiger partial charge in [0.1, 0.15) is 12.1 Å². The number of amides is 1. The van der Waals surface area contributed by atoms with E-state index in [2.05, 4.69) is 38.6 Å². The lowest BCUT2D eigenvalue weighted by Crippen LogP contribution is -2.38. The number of nitrogens with zero attached hydrogens (tertiary/aromatic N) is 2. The average Bonchev–Trinajstić information content (AvgIpc) is 2.48. The third-order valence-corrected chi connectivity index (χ3v) is 5.47. The molecule has 20 heavy (non-hydrogen) atoms. The molecular weight excluding hydrogens is 367 g/mol. The second-order valence-corrected chi connectivity index (χ2v) is 6.83. The van der Waals surface area contributed by atoms with Crippen LogP contribution < -0.4 is 11.5 Å². The van der Waals surface area contributed by atoms with Crippen LogP contribution in [-0.2, 0) is 11.2 Å². The molecule has 0 spiro atoms. The highest BCUT2D eigenvalue weighted by Gasteiger charge is 2.38. The largest absolute Gasteiger partial charge is 0.383 e. The first-order valence-corrected chi connectivity index (χ1v) is 7.88. The Bertz CT molecular complexity index is 581. The SMILES string of the molecule is NC(=O)C1CC(C2CC=C(I)c3c(N)ncnc3C2)C1. The summed E-state index contributed by atoms with van der Waals surface area (Å²) in [5.41, 5.74) is 13.3. The summed E-state index contributed by atoms with van der Waals surface area (Å²) >= 11 is 2.30. The molecule has 5 nitrogen and oxygen atoms in total. The third kappa shape index (κ3) is 2.41. The summed E-state index contributed by atoms with van der Waals surface area (Å²) in [4.78, 5) is 19.6. The molecule has 1 aromatic rings. The molecule has 2 aliphatic rings. The lowest BCUT2D eigenvalue weighted by Gasteiger charge is -2.38. The molecule has 2 aliphatic carbocycles. The van der Waals surface area contributed by atoms with Crippen LogP contribution in [0.3, 0.4) is 0 Å². The van der Waals surface area contributed by atoms with E-state index in [4.69, 9.17) is 11.5 Å². The number of halogens is 1. The number of hydrogen-bond donors (Lipinski definition) is 2. The van der Waals surface area contributed by atoms with E-state index in [1.54, 1.807) is 0 Å². The average molecular weight is 384 g/mol. The van der Waals surface area contributed by atoms with Crippen molar-refractivity contribution in [1.82, 2.24) is 9.97 Å². The number of nitrogen functional groups attached to an aromatic ring is 1. The standard InChI is InChI=1S/C14H17IN4O/c15-10-2-1-7(8-3-9(4-8)14(17)20)5-11-12(10)13(16)19-6-18-11/h2,6-9H,1,3-5H2,(H2,17,20)(H2,16,18,19). The van der Waals surface area contributed by atoms with Crippen LogP contribution >= 0.6 is 22.6 Å². The van der Waals surface area contributed by atoms with Crippen LogP contribution in [0.15, 0.2) is 12.4 Å². The van der Waals surface area contributed by atoms with Crippen molar-refractivity contribution >= 4 is 37.9 Å². The van der Waals surface area contributed by atoms with Crippen LogP contribution in [0.25, 0.3) is 3.58 Å². The van der Waals surface area contributed by atoms with Crippen LogP contribution in [-0.4, -0.2) is 15.9 Å². The molecule has 6 heteroatoms. The fourth-order valence-corrected chi connectivity index (χ4v) is 4.02. The maximum atomic E-state index is 11.1. The van der Waals surface area contributed by atoms with E-state index < -0.39 is 0 Å². The highest BCUT2D eigenvalue weighted by Crippen LogP contribution is 2.44. The molecule has 0 radical (unpaired) electrons. The summed E-state index contributed by atoms with van der Waals surface area (Å²) in [5, 5.41) is 0. The van der Waals surface area contributed by atoms with Crippen LogP contribution in [0, 0.1) is 17.8 Å². The van der Waals surface area contributed by atoms with Crippen molar-refractivity contribution < 1.29 is 4.79 Å². The van der Waals surface area contributed by atoms with Gasteiger partial charge in [0, 0.05) is 9.50 Å². The third-order valence-electron chi connectivity index (χ3n) is 4.49. The summed E-state index contributed by atoms with van der Waals surface area (Å²) in [6, 6.07) is 0. The van der Waals surface area contributed by atoms with Crippen LogP contribution in [0.4, 0.5) is 5.82 Å². The zero-order valence-corrected chi connectivity index (χ0v) is 13.2. The topological polar surface area (TPSA) is 94.9 Å². The first-order valence-electron chi connectivity index (χ1n) is 6.81. The van der Waals surface area contributed by atoms with Gasteiger partial charge >= 0.3 is 0 Å². The maximum absolute atomic E-state index is 11.1. The predicted molar refractivity (Wildman–Crippen MR) is 85.7 cm³/mol. The Morgan fingerprint density at radius 2 is 2.05 bits per heavy atom. The molecule has 0 aliphatic heterocycles. The smallest absolute Gasteiger partial charge is 0.220 e. The molecule has 1 aromatic heterocycles. The monoisotopic (exact) mass is 384 g/mol. The summed E-state index contributed by atoms with van der Waals surface area (Å²) < 4.78 is 1.13. The van der Waals surface area contributed by atoms with Gasteiger partial charge in [-0.3, -0.25) is 4.79 Å². The normalized spacial score (nSPS) is 28.9. The number of carbonyl (C=O) groups is 1. The molecule has 1 unspecified atom stereocenters. The second-order valence-electron chi connectivity index (χ2n) is 5.66. The summed E-state index contributed by atoms with van der Waals surface area (Å²) in [5.74, 6) is 1.55. The van der Waals surface area contributed by atoms with E-state index >= 15 is 0 Å². The van der Waals surface area contributed by atoms with Crippen molar-refractivity contribution in [3.8, 4) is 0 Å². The first-order chi connectivity index (χ1) is 9.56. The van der Waals surface area contributed by atoms with E-state index in [1.165, 1.54) is 6.33 Å². The molecule has 4 N–H and O–H groups in total. The van der Waals surface area contributed by atoms with Gasteiger partial charge in [-0.05, 0) is 60.1 Å². The fraction of sp³-hybridized carbons (Fsp3) is 0.500. The van der Waals surface area contributed by atoms with Gasteiger partial charge in [0.2, 0.25) is 5.91 Å². The lowest BCUT2D eigenvalue weighted by molar-refractivity contribution is -0.126. The van der Waals surface area contributed by atoms with Gasteiger partial charge in [-0.25, -0.2) is 9.97 Å². The highest BCUT2D eigenvalue weighted by atomic mass is 127. The highest BCUT2D eigenvalue weighted by molar-refractivity contribution is 14.1. The molecule has 3 rings (SSSR count). The van der Waals surface area contributed by atoms with Crippen molar-refractivity contribution in [1.29, 1.82) is 0 Å². The summed E-state index contributed by atoms with van der Waals surface area (Å²) in [6.07, 6.45) is 7.49. The molecular formula is C14H17IN4O. The van der Waals surface area contributed by atoms with Gasteiger partial charge in [-0.15, -0.1) is 0 Å². The second kappa shape index (κ2) is 5.31. The zero-order chi connectivity index (χ0) is 14.3. The van der Waals surface area contributed by atoms with Gasteiger partial charge in [0.05, 0.1) is 11.3 Å². The van der Waals surface area contributed by atoms with Crippen molar-refractivity contribution in [2.75, 3.05) is 5.73 Å². The van der Waals surface area contributed by atoms with E-state index in [0.29, 0.717) is 17.7 Å². The number of carbonyl (C=O) groups excluding carboxylic acids is 1. The Morgan fingerprint density at radius 1 is 1.30 bits per heavy atom. The Labute approximate surface area is 131 Å². The molecule has 0 aromatic carbocycles. The van der Waals surface area contributed by atoms with Crippen LogP contribution in [0.5, 0.6) is 0 Å². The summed E-state index contributed by atoms with van der Waals surface area (Å²) in [7, 11) is 0. The quantitative estimate of drug-likeness (QED) is 0.762. The van der Waals surface area contributed by atoms with Gasteiger partial charge in [0.25, 0.3) is 0 Å². The fourth-order valence-electron chi connectivity index (χ4n) is 3.18. The van der Waals surface area contributed by atoms with Crippen LogP contribution in [0.2, 0.25) is 0 Å². The number of anilines is 1. The molecule has 0 saturated heterocycles. The minimum Gasteiger partial charge on any atom is -0.383 e. The number of hydrogen-bond acceptors (Lipinski definition) is 4. The molecule has 106 valence electrons. The number of nitrogens with two attached hydrogens (primary N) is 2. The van der Waals surface area contributed by atoms with Crippen molar-refractivity contribution in [2.24, 2.45) is 23.5 Å². The minimum absolute atomic E-state index is 0.0706. The van der Waals surface area contributed by atoms with Gasteiger partial charge in [-0.2, -0.15) is 0 Å². The first kappa shape index (κ1) is 13.8. The minimum atomic E-state index is -0.160. The van der Waals surface area contributed by atoms with Crippen molar-refractivity contribution in [3.63, 3.8) is 0 Å². The number of aromatic nitrogens is 2. The number of allylic oxidation sites excluding steroid dienone is 1. The van der Waals surface area contributed by atoms with Gasteiger partial charge < -0.3 is 11.5 Å². The van der Waals surface area contributed by atoms with E-state index in [0.717, 1.165) is 40.5 Å². The Kier molecular flexibility index (Phi) is 3.66. The molecule has 1 heterocycles. The summed E-state index contributed by atoms with van der Waals surface area (Å²) in [6.45, 7) is 0. The van der Waals surface area contributed by atoms with E-state index in [-0.39, 0.29) is 11.8 Å². The predicted octanol–water partition coefficient (Wildman–Crippen LogP) is 1.91. The number of rotatable bonds is 2.